The lowest BCUT2D eigenvalue weighted by molar-refractivity contribution is 0.544. The summed E-state index contributed by atoms with van der Waals surface area (Å²) in [4.78, 5) is 4.31. The van der Waals surface area contributed by atoms with Crippen molar-refractivity contribution in [3.8, 4) is 0 Å². The summed E-state index contributed by atoms with van der Waals surface area (Å²) in [5, 5.41) is 3.38. The highest BCUT2D eigenvalue weighted by Crippen LogP contribution is 2.26. The van der Waals surface area contributed by atoms with Crippen LogP contribution in [0.2, 0.25) is 0 Å². The first-order chi connectivity index (χ1) is 6.44. The highest BCUT2D eigenvalue weighted by Gasteiger charge is 2.16. The van der Waals surface area contributed by atoms with Crippen LogP contribution in [0.4, 0.5) is 5.82 Å². The van der Waals surface area contributed by atoms with E-state index in [9.17, 15) is 0 Å². The zero-order valence-electron chi connectivity index (χ0n) is 8.56. The van der Waals surface area contributed by atoms with Crippen LogP contribution in [0, 0.1) is 0 Å². The van der Waals surface area contributed by atoms with Crippen LogP contribution in [-0.4, -0.2) is 10.5 Å². The molecule has 1 aromatic rings. The van der Waals surface area contributed by atoms with E-state index in [1.165, 1.54) is 0 Å². The van der Waals surface area contributed by atoms with Gasteiger partial charge in [0, 0.05) is 16.2 Å². The minimum Gasteiger partial charge on any atom is -0.364 e. The number of nitrogens with one attached hydrogen (secondary N) is 1. The van der Waals surface area contributed by atoms with Crippen molar-refractivity contribution in [2.24, 2.45) is 0 Å². The van der Waals surface area contributed by atoms with Crippen molar-refractivity contribution in [3.05, 3.63) is 21.2 Å². The van der Waals surface area contributed by atoms with Gasteiger partial charge in [0.2, 0.25) is 0 Å². The molecule has 4 heteroatoms. The predicted octanol–water partition coefficient (Wildman–Crippen LogP) is 4.21. The van der Waals surface area contributed by atoms with E-state index in [-0.39, 0.29) is 5.54 Å². The molecule has 0 aromatic carbocycles. The maximum absolute atomic E-state index is 4.31. The van der Waals surface area contributed by atoms with Gasteiger partial charge in [-0.15, -0.1) is 0 Å². The first kappa shape index (κ1) is 12.0. The maximum atomic E-state index is 4.31. The molecule has 0 aliphatic rings. The first-order valence-electron chi connectivity index (χ1n) is 4.54. The number of pyridine rings is 1. The normalized spacial score (nSPS) is 11.5. The van der Waals surface area contributed by atoms with E-state index >= 15 is 0 Å². The van der Waals surface area contributed by atoms with E-state index in [1.807, 2.05) is 6.07 Å². The summed E-state index contributed by atoms with van der Waals surface area (Å²) in [5.41, 5.74) is 0.0728. The van der Waals surface area contributed by atoms with Gasteiger partial charge in [-0.25, -0.2) is 4.98 Å². The van der Waals surface area contributed by atoms with E-state index < -0.39 is 0 Å². The van der Waals surface area contributed by atoms with Gasteiger partial charge in [0.05, 0.1) is 4.47 Å². The lowest BCUT2D eigenvalue weighted by atomic mass is 10.0. The average molecular weight is 322 g/mol. The molecule has 0 saturated heterocycles. The highest BCUT2D eigenvalue weighted by molar-refractivity contribution is 9.11. The van der Waals surface area contributed by atoms with Crippen LogP contribution in [0.15, 0.2) is 21.2 Å². The molecule has 1 rings (SSSR count). The Kier molecular flexibility index (Phi) is 3.95. The van der Waals surface area contributed by atoms with E-state index in [2.05, 4.69) is 62.9 Å². The van der Waals surface area contributed by atoms with Gasteiger partial charge in [-0.3, -0.25) is 0 Å². The van der Waals surface area contributed by atoms with E-state index in [0.29, 0.717) is 0 Å². The third-order valence-electron chi connectivity index (χ3n) is 2.15. The summed E-state index contributed by atoms with van der Waals surface area (Å²) in [7, 11) is 0. The molecule has 0 aliphatic heterocycles. The molecule has 1 aromatic heterocycles. The lowest BCUT2D eigenvalue weighted by Crippen LogP contribution is -2.30. The predicted molar refractivity (Wildman–Crippen MR) is 67.6 cm³/mol. The average Bonchev–Trinajstić information content (AvgIpc) is 2.10. The van der Waals surface area contributed by atoms with Crippen molar-refractivity contribution >= 4 is 37.7 Å². The number of aromatic nitrogens is 1. The van der Waals surface area contributed by atoms with Gasteiger partial charge >= 0.3 is 0 Å². The van der Waals surface area contributed by atoms with Gasteiger partial charge in [0.1, 0.15) is 5.82 Å². The third-order valence-corrected chi connectivity index (χ3v) is 3.19. The fourth-order valence-corrected chi connectivity index (χ4v) is 2.00. The SMILES string of the molecule is CCC(C)(C)Nc1ncc(Br)cc1Br. The molecule has 0 fully saturated rings. The molecule has 1 N–H and O–H groups in total. The summed E-state index contributed by atoms with van der Waals surface area (Å²) in [6, 6.07) is 1.99. The topological polar surface area (TPSA) is 24.9 Å². The number of anilines is 1. The number of hydrogen-bond acceptors (Lipinski definition) is 2. The molecule has 0 unspecified atom stereocenters. The summed E-state index contributed by atoms with van der Waals surface area (Å²) in [6.45, 7) is 6.46. The monoisotopic (exact) mass is 320 g/mol. The molecular formula is C10H14Br2N2. The zero-order chi connectivity index (χ0) is 10.8. The molecule has 0 atom stereocenters. The summed E-state index contributed by atoms with van der Waals surface area (Å²) in [6.07, 6.45) is 2.84. The maximum Gasteiger partial charge on any atom is 0.140 e. The summed E-state index contributed by atoms with van der Waals surface area (Å²) in [5.74, 6) is 0.889. The second kappa shape index (κ2) is 4.62. The Morgan fingerprint density at radius 2 is 2.07 bits per heavy atom. The van der Waals surface area contributed by atoms with Crippen LogP contribution in [-0.2, 0) is 0 Å². The Balaban J connectivity index is 2.87. The Morgan fingerprint density at radius 1 is 1.43 bits per heavy atom. The second-order valence-electron chi connectivity index (χ2n) is 3.85. The fourth-order valence-electron chi connectivity index (χ4n) is 0.915. The Bertz CT molecular complexity index is 324. The van der Waals surface area contributed by atoms with Crippen molar-refractivity contribution in [1.29, 1.82) is 0 Å². The van der Waals surface area contributed by atoms with Crippen LogP contribution < -0.4 is 5.32 Å². The van der Waals surface area contributed by atoms with Gasteiger partial charge < -0.3 is 5.32 Å². The molecule has 78 valence electrons. The summed E-state index contributed by atoms with van der Waals surface area (Å²) >= 11 is 6.85. The van der Waals surface area contributed by atoms with Crippen molar-refractivity contribution in [2.75, 3.05) is 5.32 Å². The summed E-state index contributed by atoms with van der Waals surface area (Å²) < 4.78 is 1.96. The molecule has 2 nitrogen and oxygen atoms in total. The molecular weight excluding hydrogens is 308 g/mol. The van der Waals surface area contributed by atoms with Crippen LogP contribution in [0.5, 0.6) is 0 Å². The number of halogens is 2. The minimum absolute atomic E-state index is 0.0728. The van der Waals surface area contributed by atoms with Gasteiger partial charge in [0.25, 0.3) is 0 Å². The molecule has 0 radical (unpaired) electrons. The Labute approximate surface area is 102 Å². The highest BCUT2D eigenvalue weighted by atomic mass is 79.9. The zero-order valence-corrected chi connectivity index (χ0v) is 11.7. The molecule has 0 bridgehead atoms. The number of nitrogens with zero attached hydrogens (tertiary/aromatic N) is 1. The molecule has 0 saturated carbocycles. The van der Waals surface area contributed by atoms with E-state index in [1.54, 1.807) is 6.20 Å². The van der Waals surface area contributed by atoms with Crippen LogP contribution in [0.1, 0.15) is 27.2 Å². The third kappa shape index (κ3) is 3.24. The Morgan fingerprint density at radius 3 is 2.57 bits per heavy atom. The smallest absolute Gasteiger partial charge is 0.140 e. The molecule has 0 aliphatic carbocycles. The Hall–Kier alpha value is -0.0900. The quantitative estimate of drug-likeness (QED) is 0.902. The van der Waals surface area contributed by atoms with Crippen molar-refractivity contribution in [1.82, 2.24) is 4.98 Å². The van der Waals surface area contributed by atoms with E-state index in [0.717, 1.165) is 21.2 Å². The minimum atomic E-state index is 0.0728. The standard InChI is InChI=1S/C10H14Br2N2/c1-4-10(2,3)14-9-8(12)5-7(11)6-13-9/h5-6H,4H2,1-3H3,(H,13,14). The first-order valence-corrected chi connectivity index (χ1v) is 6.12. The van der Waals surface area contributed by atoms with Crippen LogP contribution in [0.3, 0.4) is 0 Å². The van der Waals surface area contributed by atoms with Crippen molar-refractivity contribution < 1.29 is 0 Å². The van der Waals surface area contributed by atoms with Gasteiger partial charge in [-0.2, -0.15) is 0 Å². The fraction of sp³-hybridized carbons (Fsp3) is 0.500. The van der Waals surface area contributed by atoms with Gasteiger partial charge in [-0.1, -0.05) is 6.92 Å². The van der Waals surface area contributed by atoms with Crippen LogP contribution >= 0.6 is 31.9 Å². The van der Waals surface area contributed by atoms with Crippen molar-refractivity contribution in [3.63, 3.8) is 0 Å². The lowest BCUT2D eigenvalue weighted by Gasteiger charge is -2.25. The largest absolute Gasteiger partial charge is 0.364 e. The molecule has 14 heavy (non-hydrogen) atoms. The molecule has 1 heterocycles. The van der Waals surface area contributed by atoms with Gasteiger partial charge in [-0.05, 0) is 58.2 Å². The van der Waals surface area contributed by atoms with Gasteiger partial charge in [0.15, 0.2) is 0 Å². The molecule has 0 amide bonds. The number of rotatable bonds is 3. The van der Waals surface area contributed by atoms with Crippen molar-refractivity contribution in [2.45, 2.75) is 32.7 Å². The van der Waals surface area contributed by atoms with E-state index in [4.69, 9.17) is 0 Å². The number of hydrogen-bond donors (Lipinski definition) is 1. The second-order valence-corrected chi connectivity index (χ2v) is 5.62. The van der Waals surface area contributed by atoms with Crippen LogP contribution in [0.25, 0.3) is 0 Å². The molecule has 0 spiro atoms.